The van der Waals surface area contributed by atoms with Crippen LogP contribution in [0.1, 0.15) is 55.5 Å². The number of carbonyl (C=O) groups is 1. The van der Waals surface area contributed by atoms with Gasteiger partial charge in [-0.05, 0) is 30.6 Å². The highest BCUT2D eigenvalue weighted by molar-refractivity contribution is 7.09. The summed E-state index contributed by atoms with van der Waals surface area (Å²) in [6.07, 6.45) is 3.38. The third-order valence-corrected chi connectivity index (χ3v) is 5.06. The summed E-state index contributed by atoms with van der Waals surface area (Å²) in [5.74, 6) is 0.755. The standard InChI is InChI=1S/C15H25N3OS/c1-15(2,3)11-5-4-7-18(8-6-11)14(19)12-10-20-13(9-16)17-12/h10-11H,4-9,16H2,1-3H3. The zero-order valence-corrected chi connectivity index (χ0v) is 13.5. The van der Waals surface area contributed by atoms with Gasteiger partial charge in [0.05, 0.1) is 0 Å². The summed E-state index contributed by atoms with van der Waals surface area (Å²) < 4.78 is 0. The second kappa shape index (κ2) is 6.22. The van der Waals surface area contributed by atoms with E-state index in [-0.39, 0.29) is 5.91 Å². The number of carbonyl (C=O) groups excluding carboxylic acids is 1. The van der Waals surface area contributed by atoms with Crippen LogP contribution in [0.15, 0.2) is 5.38 Å². The fourth-order valence-electron chi connectivity index (χ4n) is 2.83. The topological polar surface area (TPSA) is 59.2 Å². The van der Waals surface area contributed by atoms with Gasteiger partial charge in [-0.3, -0.25) is 4.79 Å². The van der Waals surface area contributed by atoms with Crippen molar-refractivity contribution < 1.29 is 4.79 Å². The monoisotopic (exact) mass is 295 g/mol. The number of thiazole rings is 1. The van der Waals surface area contributed by atoms with Crippen LogP contribution in [0.25, 0.3) is 0 Å². The first kappa shape index (κ1) is 15.4. The van der Waals surface area contributed by atoms with Gasteiger partial charge in [0.15, 0.2) is 0 Å². The molecule has 1 aliphatic heterocycles. The van der Waals surface area contributed by atoms with Gasteiger partial charge in [0.25, 0.3) is 5.91 Å². The molecule has 0 spiro atoms. The average molecular weight is 295 g/mol. The van der Waals surface area contributed by atoms with Crippen LogP contribution in [0.2, 0.25) is 0 Å². The lowest BCUT2D eigenvalue weighted by atomic mass is 9.77. The number of nitrogens with two attached hydrogens (primary N) is 1. The summed E-state index contributed by atoms with van der Waals surface area (Å²) in [4.78, 5) is 18.7. The quantitative estimate of drug-likeness (QED) is 0.912. The van der Waals surface area contributed by atoms with Gasteiger partial charge in [-0.1, -0.05) is 20.8 Å². The molecule has 1 amide bonds. The van der Waals surface area contributed by atoms with Gasteiger partial charge in [-0.2, -0.15) is 0 Å². The van der Waals surface area contributed by atoms with Crippen molar-refractivity contribution in [1.29, 1.82) is 0 Å². The maximum atomic E-state index is 12.5. The number of nitrogens with zero attached hydrogens (tertiary/aromatic N) is 2. The molecular formula is C15H25N3OS. The van der Waals surface area contributed by atoms with E-state index in [0.717, 1.165) is 30.9 Å². The molecule has 0 radical (unpaired) electrons. The van der Waals surface area contributed by atoms with Crippen LogP contribution in [0.5, 0.6) is 0 Å². The number of hydrogen-bond acceptors (Lipinski definition) is 4. The van der Waals surface area contributed by atoms with Gasteiger partial charge in [0.2, 0.25) is 0 Å². The first-order valence-corrected chi connectivity index (χ1v) is 8.23. The Hall–Kier alpha value is -0.940. The fourth-order valence-corrected chi connectivity index (χ4v) is 3.48. The SMILES string of the molecule is CC(C)(C)C1CCCN(C(=O)c2csc(CN)n2)CC1. The number of likely N-dealkylation sites (tertiary alicyclic amines) is 1. The molecule has 0 aliphatic carbocycles. The van der Waals surface area contributed by atoms with Gasteiger partial charge >= 0.3 is 0 Å². The summed E-state index contributed by atoms with van der Waals surface area (Å²) in [7, 11) is 0. The highest BCUT2D eigenvalue weighted by atomic mass is 32.1. The van der Waals surface area contributed by atoms with Gasteiger partial charge < -0.3 is 10.6 Å². The summed E-state index contributed by atoms with van der Waals surface area (Å²) in [6, 6.07) is 0. The molecule has 2 rings (SSSR count). The Balaban J connectivity index is 2.01. The molecule has 5 heteroatoms. The lowest BCUT2D eigenvalue weighted by Gasteiger charge is -2.29. The van der Waals surface area contributed by atoms with Crippen molar-refractivity contribution in [3.05, 3.63) is 16.1 Å². The van der Waals surface area contributed by atoms with Crippen molar-refractivity contribution in [2.75, 3.05) is 13.1 Å². The minimum absolute atomic E-state index is 0.0653. The summed E-state index contributed by atoms with van der Waals surface area (Å²) >= 11 is 1.47. The Bertz CT molecular complexity index is 464. The van der Waals surface area contributed by atoms with E-state index in [1.807, 2.05) is 10.3 Å². The van der Waals surface area contributed by atoms with Crippen molar-refractivity contribution in [3.63, 3.8) is 0 Å². The Labute approximate surface area is 125 Å². The smallest absolute Gasteiger partial charge is 0.273 e. The summed E-state index contributed by atoms with van der Waals surface area (Å²) in [5.41, 5.74) is 6.44. The normalized spacial score (nSPS) is 20.8. The fraction of sp³-hybridized carbons (Fsp3) is 0.733. The second-order valence-electron chi connectivity index (χ2n) is 6.62. The van der Waals surface area contributed by atoms with Crippen molar-refractivity contribution in [3.8, 4) is 0 Å². The molecule has 1 aromatic heterocycles. The molecule has 20 heavy (non-hydrogen) atoms. The molecule has 1 atom stereocenters. The molecule has 0 saturated carbocycles. The van der Waals surface area contributed by atoms with Crippen LogP contribution in [-0.2, 0) is 6.54 Å². The van der Waals surface area contributed by atoms with E-state index < -0.39 is 0 Å². The Morgan fingerprint density at radius 1 is 1.45 bits per heavy atom. The zero-order valence-electron chi connectivity index (χ0n) is 12.7. The van der Waals surface area contributed by atoms with Crippen LogP contribution in [0.4, 0.5) is 0 Å². The van der Waals surface area contributed by atoms with Gasteiger partial charge in [-0.25, -0.2) is 4.98 Å². The van der Waals surface area contributed by atoms with Gasteiger partial charge in [0, 0.05) is 25.0 Å². The predicted octanol–water partition coefficient (Wildman–Crippen LogP) is 2.89. The molecular weight excluding hydrogens is 270 g/mol. The molecule has 1 aliphatic rings. The van der Waals surface area contributed by atoms with Crippen molar-refractivity contribution in [2.45, 2.75) is 46.6 Å². The molecule has 2 N–H and O–H groups in total. The maximum absolute atomic E-state index is 12.5. The van der Waals surface area contributed by atoms with E-state index in [9.17, 15) is 4.79 Å². The third kappa shape index (κ3) is 3.58. The summed E-state index contributed by atoms with van der Waals surface area (Å²) in [6.45, 7) is 8.98. The maximum Gasteiger partial charge on any atom is 0.273 e. The molecule has 1 fully saturated rings. The van der Waals surface area contributed by atoms with Crippen LogP contribution >= 0.6 is 11.3 Å². The molecule has 0 aromatic carbocycles. The Kier molecular flexibility index (Phi) is 4.81. The van der Waals surface area contributed by atoms with E-state index in [1.165, 1.54) is 17.8 Å². The van der Waals surface area contributed by atoms with E-state index in [1.54, 1.807) is 0 Å². The van der Waals surface area contributed by atoms with E-state index >= 15 is 0 Å². The van der Waals surface area contributed by atoms with E-state index in [2.05, 4.69) is 25.8 Å². The lowest BCUT2D eigenvalue weighted by Crippen LogP contribution is -2.32. The minimum atomic E-state index is 0.0653. The predicted molar refractivity (Wildman–Crippen MR) is 82.7 cm³/mol. The van der Waals surface area contributed by atoms with Crippen LogP contribution in [-0.4, -0.2) is 28.9 Å². The summed E-state index contributed by atoms with van der Waals surface area (Å²) in [5, 5.41) is 2.66. The molecule has 2 heterocycles. The number of rotatable bonds is 2. The lowest BCUT2D eigenvalue weighted by molar-refractivity contribution is 0.0750. The third-order valence-electron chi connectivity index (χ3n) is 4.19. The van der Waals surface area contributed by atoms with Crippen molar-refractivity contribution >= 4 is 17.2 Å². The van der Waals surface area contributed by atoms with E-state index in [0.29, 0.717) is 23.6 Å². The number of aromatic nitrogens is 1. The largest absolute Gasteiger partial charge is 0.337 e. The van der Waals surface area contributed by atoms with Crippen LogP contribution in [0, 0.1) is 11.3 Å². The first-order chi connectivity index (χ1) is 9.41. The Morgan fingerprint density at radius 2 is 2.20 bits per heavy atom. The van der Waals surface area contributed by atoms with Crippen LogP contribution in [0.3, 0.4) is 0 Å². The second-order valence-corrected chi connectivity index (χ2v) is 7.56. The van der Waals surface area contributed by atoms with Gasteiger partial charge in [-0.15, -0.1) is 11.3 Å². The van der Waals surface area contributed by atoms with Crippen LogP contribution < -0.4 is 5.73 Å². The molecule has 0 bridgehead atoms. The van der Waals surface area contributed by atoms with Gasteiger partial charge in [0.1, 0.15) is 10.7 Å². The highest BCUT2D eigenvalue weighted by Crippen LogP contribution is 2.34. The zero-order chi connectivity index (χ0) is 14.8. The molecule has 1 aromatic rings. The average Bonchev–Trinajstić information content (AvgIpc) is 2.72. The van der Waals surface area contributed by atoms with Crippen molar-refractivity contribution in [1.82, 2.24) is 9.88 Å². The first-order valence-electron chi connectivity index (χ1n) is 7.35. The molecule has 1 unspecified atom stereocenters. The Morgan fingerprint density at radius 3 is 2.80 bits per heavy atom. The molecule has 4 nitrogen and oxygen atoms in total. The number of amides is 1. The molecule has 1 saturated heterocycles. The highest BCUT2D eigenvalue weighted by Gasteiger charge is 2.29. The minimum Gasteiger partial charge on any atom is -0.337 e. The number of hydrogen-bond donors (Lipinski definition) is 1. The van der Waals surface area contributed by atoms with Crippen molar-refractivity contribution in [2.24, 2.45) is 17.1 Å². The van der Waals surface area contributed by atoms with E-state index in [4.69, 9.17) is 5.73 Å². The molecule has 112 valence electrons.